The Morgan fingerprint density at radius 2 is 1.78 bits per heavy atom. The second-order valence-corrected chi connectivity index (χ2v) is 4.67. The minimum Gasteiger partial charge on any atom is -0.478 e. The van der Waals surface area contributed by atoms with Crippen LogP contribution in [0.5, 0.6) is 0 Å². The van der Waals surface area contributed by atoms with Crippen LogP contribution >= 0.6 is 0 Å². The van der Waals surface area contributed by atoms with Gasteiger partial charge in [0.25, 0.3) is 0 Å². The fraction of sp³-hybridized carbons (Fsp3) is 0.333. The normalized spacial score (nSPS) is 15.6. The van der Waals surface area contributed by atoms with E-state index < -0.39 is 5.97 Å². The number of benzene rings is 1. The first-order valence-corrected chi connectivity index (χ1v) is 6.16. The van der Waals surface area contributed by atoms with Gasteiger partial charge in [-0.05, 0) is 38.7 Å². The van der Waals surface area contributed by atoms with E-state index in [1.165, 1.54) is 0 Å². The summed E-state index contributed by atoms with van der Waals surface area (Å²) in [6, 6.07) is 7.30. The minimum absolute atomic E-state index is 0.129. The highest BCUT2D eigenvalue weighted by molar-refractivity contribution is 6.12. The highest BCUT2D eigenvalue weighted by Gasteiger charge is 2.24. The van der Waals surface area contributed by atoms with Crippen molar-refractivity contribution in [3.8, 4) is 0 Å². The van der Waals surface area contributed by atoms with Crippen molar-refractivity contribution < 1.29 is 14.7 Å². The molecule has 1 aromatic rings. The zero-order valence-corrected chi connectivity index (χ0v) is 10.4. The quantitative estimate of drug-likeness (QED) is 0.831. The molecule has 0 saturated heterocycles. The average Bonchev–Trinajstić information content (AvgIpc) is 2.38. The Morgan fingerprint density at radius 3 is 2.39 bits per heavy atom. The zero-order chi connectivity index (χ0) is 13.1. The number of aryl methyl sites for hydroxylation is 1. The van der Waals surface area contributed by atoms with E-state index in [9.17, 15) is 9.59 Å². The third kappa shape index (κ3) is 2.50. The van der Waals surface area contributed by atoms with Crippen molar-refractivity contribution in [2.45, 2.75) is 32.6 Å². The molecule has 0 saturated carbocycles. The largest absolute Gasteiger partial charge is 0.478 e. The van der Waals surface area contributed by atoms with Crippen LogP contribution < -0.4 is 0 Å². The highest BCUT2D eigenvalue weighted by Crippen LogP contribution is 2.27. The Hall–Kier alpha value is -1.90. The smallest absolute Gasteiger partial charge is 0.331 e. The summed E-state index contributed by atoms with van der Waals surface area (Å²) in [4.78, 5) is 23.5. The van der Waals surface area contributed by atoms with Gasteiger partial charge in [0.05, 0.1) is 0 Å². The van der Waals surface area contributed by atoms with Gasteiger partial charge in [-0.2, -0.15) is 0 Å². The van der Waals surface area contributed by atoms with Crippen molar-refractivity contribution in [1.29, 1.82) is 0 Å². The number of carbonyl (C=O) groups is 2. The van der Waals surface area contributed by atoms with Gasteiger partial charge in [-0.1, -0.05) is 23.8 Å². The van der Waals surface area contributed by atoms with Crippen LogP contribution in [0.2, 0.25) is 0 Å². The lowest BCUT2D eigenvalue weighted by atomic mass is 9.87. The number of ketones is 1. The van der Waals surface area contributed by atoms with E-state index in [0.29, 0.717) is 29.6 Å². The number of hydrogen-bond acceptors (Lipinski definition) is 2. The number of Topliss-reactive ketones (excluding diaryl/α,β-unsaturated/α-hetero) is 1. The minimum atomic E-state index is -0.953. The summed E-state index contributed by atoms with van der Waals surface area (Å²) in [5.41, 5.74) is 2.38. The number of allylic oxidation sites excluding steroid dienone is 1. The maximum atomic E-state index is 12.3. The van der Waals surface area contributed by atoms with Crippen LogP contribution in [0.4, 0.5) is 0 Å². The van der Waals surface area contributed by atoms with E-state index in [1.807, 2.05) is 25.1 Å². The SMILES string of the molecule is Cc1cccc(C(=O)C2=C(C(=O)O)CCCC2)c1. The maximum Gasteiger partial charge on any atom is 0.331 e. The number of aliphatic carboxylic acids is 1. The fourth-order valence-electron chi connectivity index (χ4n) is 2.35. The van der Waals surface area contributed by atoms with Crippen molar-refractivity contribution in [3.63, 3.8) is 0 Å². The van der Waals surface area contributed by atoms with E-state index in [4.69, 9.17) is 5.11 Å². The van der Waals surface area contributed by atoms with Crippen LogP contribution in [0.15, 0.2) is 35.4 Å². The number of rotatable bonds is 3. The van der Waals surface area contributed by atoms with Crippen molar-refractivity contribution in [2.24, 2.45) is 0 Å². The van der Waals surface area contributed by atoms with Gasteiger partial charge in [0, 0.05) is 16.7 Å². The molecule has 0 atom stereocenters. The van der Waals surface area contributed by atoms with E-state index in [-0.39, 0.29) is 5.78 Å². The van der Waals surface area contributed by atoms with Gasteiger partial charge in [-0.3, -0.25) is 4.79 Å². The molecule has 0 radical (unpaired) electrons. The molecule has 1 aliphatic carbocycles. The second kappa shape index (κ2) is 5.17. The van der Waals surface area contributed by atoms with E-state index in [2.05, 4.69) is 0 Å². The van der Waals surface area contributed by atoms with Gasteiger partial charge in [-0.25, -0.2) is 4.79 Å². The van der Waals surface area contributed by atoms with Crippen LogP contribution in [0.3, 0.4) is 0 Å². The molecule has 2 rings (SSSR count). The van der Waals surface area contributed by atoms with Gasteiger partial charge in [0.15, 0.2) is 5.78 Å². The summed E-state index contributed by atoms with van der Waals surface area (Å²) < 4.78 is 0. The van der Waals surface area contributed by atoms with Gasteiger partial charge >= 0.3 is 5.97 Å². The lowest BCUT2D eigenvalue weighted by Crippen LogP contribution is -2.15. The molecule has 3 heteroatoms. The molecule has 1 aliphatic rings. The third-order valence-electron chi connectivity index (χ3n) is 3.28. The Balaban J connectivity index is 2.40. The molecule has 0 unspecified atom stereocenters. The summed E-state index contributed by atoms with van der Waals surface area (Å²) in [5.74, 6) is -1.08. The predicted octanol–water partition coefficient (Wildman–Crippen LogP) is 3.13. The molecule has 18 heavy (non-hydrogen) atoms. The van der Waals surface area contributed by atoms with Gasteiger partial charge in [-0.15, -0.1) is 0 Å². The standard InChI is InChI=1S/C15H16O3/c1-10-5-4-6-11(9-10)14(16)12-7-2-3-8-13(12)15(17)18/h4-6,9H,2-3,7-8H2,1H3,(H,17,18). The second-order valence-electron chi connectivity index (χ2n) is 4.67. The number of carbonyl (C=O) groups excluding carboxylic acids is 1. The maximum absolute atomic E-state index is 12.3. The van der Waals surface area contributed by atoms with Gasteiger partial charge in [0.2, 0.25) is 0 Å². The first-order chi connectivity index (χ1) is 8.59. The van der Waals surface area contributed by atoms with Gasteiger partial charge < -0.3 is 5.11 Å². The summed E-state index contributed by atoms with van der Waals surface area (Å²) in [6.45, 7) is 1.92. The topological polar surface area (TPSA) is 54.4 Å². The van der Waals surface area contributed by atoms with E-state index in [0.717, 1.165) is 18.4 Å². The lowest BCUT2D eigenvalue weighted by molar-refractivity contribution is -0.133. The number of hydrogen-bond donors (Lipinski definition) is 1. The average molecular weight is 244 g/mol. The molecular formula is C15H16O3. The molecule has 0 aliphatic heterocycles. The van der Waals surface area contributed by atoms with Crippen molar-refractivity contribution in [3.05, 3.63) is 46.5 Å². The molecule has 3 nitrogen and oxygen atoms in total. The monoisotopic (exact) mass is 244 g/mol. The Bertz CT molecular complexity index is 526. The highest BCUT2D eigenvalue weighted by atomic mass is 16.4. The Morgan fingerprint density at radius 1 is 1.11 bits per heavy atom. The van der Waals surface area contributed by atoms with Gasteiger partial charge in [0.1, 0.15) is 0 Å². The molecular weight excluding hydrogens is 228 g/mol. The molecule has 0 bridgehead atoms. The van der Waals surface area contributed by atoms with Crippen LogP contribution in [-0.2, 0) is 4.79 Å². The number of carboxylic acid groups (broad SMARTS) is 1. The van der Waals surface area contributed by atoms with Crippen molar-refractivity contribution >= 4 is 11.8 Å². The van der Waals surface area contributed by atoms with Crippen LogP contribution in [0, 0.1) is 6.92 Å². The molecule has 1 N–H and O–H groups in total. The summed E-state index contributed by atoms with van der Waals surface area (Å²) in [7, 11) is 0. The summed E-state index contributed by atoms with van der Waals surface area (Å²) in [5, 5.41) is 9.15. The Kier molecular flexibility index (Phi) is 3.60. The molecule has 94 valence electrons. The number of carboxylic acids is 1. The van der Waals surface area contributed by atoms with Crippen LogP contribution in [0.25, 0.3) is 0 Å². The molecule has 0 heterocycles. The Labute approximate surface area is 106 Å². The lowest BCUT2D eigenvalue weighted by Gasteiger charge is -2.16. The molecule has 0 fully saturated rings. The van der Waals surface area contributed by atoms with Crippen molar-refractivity contribution in [2.75, 3.05) is 0 Å². The first-order valence-electron chi connectivity index (χ1n) is 6.16. The van der Waals surface area contributed by atoms with Crippen LogP contribution in [-0.4, -0.2) is 16.9 Å². The predicted molar refractivity (Wildman–Crippen MR) is 68.6 cm³/mol. The van der Waals surface area contributed by atoms with Crippen LogP contribution in [0.1, 0.15) is 41.6 Å². The van der Waals surface area contributed by atoms with E-state index in [1.54, 1.807) is 6.07 Å². The summed E-state index contributed by atoms with van der Waals surface area (Å²) in [6.07, 6.45) is 2.83. The zero-order valence-electron chi connectivity index (χ0n) is 10.4. The first kappa shape index (κ1) is 12.6. The molecule has 1 aromatic carbocycles. The molecule has 0 spiro atoms. The van der Waals surface area contributed by atoms with Crippen molar-refractivity contribution in [1.82, 2.24) is 0 Å². The molecule has 0 aromatic heterocycles. The fourth-order valence-corrected chi connectivity index (χ4v) is 2.35. The molecule has 0 amide bonds. The van der Waals surface area contributed by atoms with E-state index >= 15 is 0 Å². The third-order valence-corrected chi connectivity index (χ3v) is 3.28. The summed E-state index contributed by atoms with van der Waals surface area (Å²) >= 11 is 0.